The second-order valence-electron chi connectivity index (χ2n) is 2.57. The largest absolute Gasteiger partial charge is 0.389 e. The zero-order valence-corrected chi connectivity index (χ0v) is 6.75. The summed E-state index contributed by atoms with van der Waals surface area (Å²) < 4.78 is 0. The van der Waals surface area contributed by atoms with Crippen LogP contribution in [0.1, 0.15) is 6.92 Å². The lowest BCUT2D eigenvalue weighted by molar-refractivity contribution is -0.114. The lowest BCUT2D eigenvalue weighted by atomic mass is 10.1. The summed E-state index contributed by atoms with van der Waals surface area (Å²) in [5.74, 6) is -0.338. The highest BCUT2D eigenvalue weighted by Gasteiger charge is 2.34. The standard InChI is InChI=1S/C7H9ClO3/c1-3(9)4-2-5(10)6(8)7(4)11/h2-3,6-7,9,11H,1H3. The minimum atomic E-state index is -1.02. The molecule has 3 unspecified atom stereocenters. The Bertz CT molecular complexity index is 210. The minimum absolute atomic E-state index is 0.301. The van der Waals surface area contributed by atoms with Crippen molar-refractivity contribution in [3.05, 3.63) is 11.6 Å². The number of carbonyl (C=O) groups is 1. The first-order valence-corrected chi connectivity index (χ1v) is 3.73. The Morgan fingerprint density at radius 1 is 1.73 bits per heavy atom. The average Bonchev–Trinajstić information content (AvgIpc) is 2.17. The Kier molecular flexibility index (Phi) is 2.32. The predicted molar refractivity (Wildman–Crippen MR) is 40.4 cm³/mol. The topological polar surface area (TPSA) is 57.5 Å². The number of hydrogen-bond acceptors (Lipinski definition) is 3. The third-order valence-electron chi connectivity index (χ3n) is 1.68. The molecule has 0 aromatic heterocycles. The third-order valence-corrected chi connectivity index (χ3v) is 2.14. The van der Waals surface area contributed by atoms with Gasteiger partial charge in [-0.25, -0.2) is 0 Å². The van der Waals surface area contributed by atoms with E-state index in [9.17, 15) is 9.90 Å². The fourth-order valence-electron chi connectivity index (χ4n) is 1.02. The zero-order chi connectivity index (χ0) is 8.59. The van der Waals surface area contributed by atoms with Gasteiger partial charge in [0.15, 0.2) is 5.78 Å². The lowest BCUT2D eigenvalue weighted by Crippen LogP contribution is -2.25. The molecule has 2 N–H and O–H groups in total. The summed E-state index contributed by atoms with van der Waals surface area (Å²) in [5, 5.41) is 17.3. The molecule has 1 aliphatic rings. The van der Waals surface area contributed by atoms with Gasteiger partial charge >= 0.3 is 0 Å². The summed E-state index contributed by atoms with van der Waals surface area (Å²) in [7, 11) is 0. The molecule has 0 spiro atoms. The maximum Gasteiger partial charge on any atom is 0.176 e. The molecule has 0 saturated heterocycles. The van der Waals surface area contributed by atoms with Crippen LogP contribution < -0.4 is 0 Å². The molecular weight excluding hydrogens is 168 g/mol. The smallest absolute Gasteiger partial charge is 0.176 e. The number of hydrogen-bond donors (Lipinski definition) is 2. The molecule has 0 bridgehead atoms. The van der Waals surface area contributed by atoms with Crippen LogP contribution in [0.5, 0.6) is 0 Å². The predicted octanol–water partition coefficient (Wildman–Crippen LogP) is -0.155. The van der Waals surface area contributed by atoms with Crippen molar-refractivity contribution >= 4 is 17.4 Å². The highest BCUT2D eigenvalue weighted by atomic mass is 35.5. The molecule has 62 valence electrons. The van der Waals surface area contributed by atoms with Crippen molar-refractivity contribution < 1.29 is 15.0 Å². The highest BCUT2D eigenvalue weighted by molar-refractivity contribution is 6.34. The summed E-state index contributed by atoms with van der Waals surface area (Å²) >= 11 is 5.49. The normalized spacial score (nSPS) is 33.8. The van der Waals surface area contributed by atoms with Crippen molar-refractivity contribution in [2.75, 3.05) is 0 Å². The monoisotopic (exact) mass is 176 g/mol. The quantitative estimate of drug-likeness (QED) is 0.546. The van der Waals surface area contributed by atoms with Crippen LogP contribution in [0.4, 0.5) is 0 Å². The van der Waals surface area contributed by atoms with E-state index in [4.69, 9.17) is 16.7 Å². The molecule has 1 aliphatic carbocycles. The van der Waals surface area contributed by atoms with E-state index in [0.717, 1.165) is 0 Å². The van der Waals surface area contributed by atoms with Crippen LogP contribution in [0.3, 0.4) is 0 Å². The first-order chi connectivity index (χ1) is 5.04. The number of alkyl halides is 1. The lowest BCUT2D eigenvalue weighted by Gasteiger charge is -2.12. The zero-order valence-electron chi connectivity index (χ0n) is 5.99. The summed E-state index contributed by atoms with van der Waals surface area (Å²) in [6, 6.07) is 0. The third kappa shape index (κ3) is 1.45. The Labute approximate surface area is 69.3 Å². The van der Waals surface area contributed by atoms with Crippen molar-refractivity contribution in [3.63, 3.8) is 0 Å². The summed E-state index contributed by atoms with van der Waals surface area (Å²) in [4.78, 5) is 10.8. The number of aliphatic hydroxyl groups is 2. The number of aliphatic hydroxyl groups excluding tert-OH is 2. The SMILES string of the molecule is CC(O)C1=CC(=O)C(Cl)C1O. The van der Waals surface area contributed by atoms with Gasteiger partial charge in [0.2, 0.25) is 0 Å². The van der Waals surface area contributed by atoms with Crippen LogP contribution in [0, 0.1) is 0 Å². The second kappa shape index (κ2) is 2.93. The number of carbonyl (C=O) groups excluding carboxylic acids is 1. The number of ketones is 1. The van der Waals surface area contributed by atoms with E-state index in [-0.39, 0.29) is 5.78 Å². The Morgan fingerprint density at radius 3 is 2.45 bits per heavy atom. The molecule has 4 heteroatoms. The first-order valence-electron chi connectivity index (χ1n) is 3.29. The molecule has 11 heavy (non-hydrogen) atoms. The van der Waals surface area contributed by atoms with E-state index in [1.54, 1.807) is 0 Å². The molecule has 0 radical (unpaired) electrons. The molecule has 0 heterocycles. The molecular formula is C7H9ClO3. The van der Waals surface area contributed by atoms with Gasteiger partial charge < -0.3 is 10.2 Å². The van der Waals surface area contributed by atoms with Crippen molar-refractivity contribution in [1.82, 2.24) is 0 Å². The van der Waals surface area contributed by atoms with Gasteiger partial charge in [0, 0.05) is 0 Å². The van der Waals surface area contributed by atoms with Gasteiger partial charge in [-0.2, -0.15) is 0 Å². The minimum Gasteiger partial charge on any atom is -0.389 e. The van der Waals surface area contributed by atoms with Crippen LogP contribution in [-0.4, -0.2) is 33.6 Å². The molecule has 0 fully saturated rings. The fourth-order valence-corrected chi connectivity index (χ4v) is 1.23. The molecule has 1 rings (SSSR count). The highest BCUT2D eigenvalue weighted by Crippen LogP contribution is 2.23. The van der Waals surface area contributed by atoms with Crippen LogP contribution >= 0.6 is 11.6 Å². The number of halogens is 1. The summed E-state index contributed by atoms with van der Waals surface area (Å²) in [5.41, 5.74) is 0.301. The Balaban J connectivity index is 2.83. The van der Waals surface area contributed by atoms with E-state index < -0.39 is 17.6 Å². The maximum atomic E-state index is 10.8. The van der Waals surface area contributed by atoms with Crippen LogP contribution in [0.2, 0.25) is 0 Å². The van der Waals surface area contributed by atoms with Gasteiger partial charge in [-0.05, 0) is 18.6 Å². The molecule has 0 amide bonds. The van der Waals surface area contributed by atoms with Gasteiger partial charge in [0.25, 0.3) is 0 Å². The van der Waals surface area contributed by atoms with Crippen molar-refractivity contribution in [1.29, 1.82) is 0 Å². The summed E-state index contributed by atoms with van der Waals surface area (Å²) in [6.45, 7) is 1.48. The van der Waals surface area contributed by atoms with E-state index in [0.29, 0.717) is 5.57 Å². The second-order valence-corrected chi connectivity index (χ2v) is 3.04. The molecule has 0 aromatic carbocycles. The molecule has 3 atom stereocenters. The van der Waals surface area contributed by atoms with Gasteiger partial charge in [-0.15, -0.1) is 11.6 Å². The van der Waals surface area contributed by atoms with E-state index in [1.807, 2.05) is 0 Å². The Hall–Kier alpha value is -0.380. The van der Waals surface area contributed by atoms with Crippen molar-refractivity contribution in [2.24, 2.45) is 0 Å². The van der Waals surface area contributed by atoms with Crippen LogP contribution in [0.15, 0.2) is 11.6 Å². The van der Waals surface area contributed by atoms with Crippen LogP contribution in [0.25, 0.3) is 0 Å². The van der Waals surface area contributed by atoms with Crippen LogP contribution in [-0.2, 0) is 4.79 Å². The van der Waals surface area contributed by atoms with E-state index in [1.165, 1.54) is 13.0 Å². The first kappa shape index (κ1) is 8.71. The number of rotatable bonds is 1. The van der Waals surface area contributed by atoms with E-state index >= 15 is 0 Å². The molecule has 0 aromatic rings. The van der Waals surface area contributed by atoms with Crippen molar-refractivity contribution in [2.45, 2.75) is 24.5 Å². The number of allylic oxidation sites excluding steroid dienone is 1. The fraction of sp³-hybridized carbons (Fsp3) is 0.571. The van der Waals surface area contributed by atoms with Crippen molar-refractivity contribution in [3.8, 4) is 0 Å². The Morgan fingerprint density at radius 2 is 2.27 bits per heavy atom. The van der Waals surface area contributed by atoms with Gasteiger partial charge in [-0.1, -0.05) is 0 Å². The van der Waals surface area contributed by atoms with Gasteiger partial charge in [0.1, 0.15) is 11.5 Å². The van der Waals surface area contributed by atoms with E-state index in [2.05, 4.69) is 0 Å². The molecule has 3 nitrogen and oxygen atoms in total. The average molecular weight is 177 g/mol. The maximum absolute atomic E-state index is 10.8. The molecule has 0 aliphatic heterocycles. The summed E-state index contributed by atoms with van der Waals surface area (Å²) in [6.07, 6.45) is -0.630. The van der Waals surface area contributed by atoms with Gasteiger partial charge in [0.05, 0.1) is 6.10 Å². The van der Waals surface area contributed by atoms with Gasteiger partial charge in [-0.3, -0.25) is 4.79 Å². The molecule has 0 saturated carbocycles.